The number of nitrogens with zero attached hydrogens (tertiary/aromatic N) is 1. The Kier molecular flexibility index (Phi) is 20.8. The van der Waals surface area contributed by atoms with Gasteiger partial charge < -0.3 is 24.8 Å². The lowest BCUT2D eigenvalue weighted by Gasteiger charge is -2.12. The molecule has 0 aliphatic carbocycles. The number of ether oxygens (including phenoxy) is 3. The molecule has 2 N–H and O–H groups in total. The van der Waals surface area contributed by atoms with Crippen LogP contribution in [-0.4, -0.2) is 66.2 Å². The Morgan fingerprint density at radius 2 is 1.64 bits per heavy atom. The minimum atomic E-state index is 0. The SMILES string of the molecule is CN=C(NCCCOCCOC)NCCOCCC(C)C.I. The largest absolute Gasteiger partial charge is 0.382 e. The smallest absolute Gasteiger partial charge is 0.191 e. The molecule has 0 unspecified atom stereocenters. The van der Waals surface area contributed by atoms with Gasteiger partial charge in [0.05, 0.1) is 19.8 Å². The van der Waals surface area contributed by atoms with Crippen molar-refractivity contribution in [3.05, 3.63) is 0 Å². The maximum atomic E-state index is 5.54. The lowest BCUT2D eigenvalue weighted by atomic mass is 10.1. The fraction of sp³-hybridized carbons (Fsp3) is 0.933. The molecule has 0 heterocycles. The number of nitrogens with one attached hydrogen (secondary N) is 2. The normalized spacial score (nSPS) is 11.4. The third kappa shape index (κ3) is 17.9. The second kappa shape index (κ2) is 18.9. The predicted molar refractivity (Wildman–Crippen MR) is 102 cm³/mol. The Hall–Kier alpha value is -0.120. The van der Waals surface area contributed by atoms with Crippen molar-refractivity contribution in [2.75, 3.05) is 60.3 Å². The molecule has 134 valence electrons. The van der Waals surface area contributed by atoms with Gasteiger partial charge in [0.25, 0.3) is 0 Å². The van der Waals surface area contributed by atoms with Crippen LogP contribution in [0.1, 0.15) is 26.7 Å². The number of guanidine groups is 1. The lowest BCUT2D eigenvalue weighted by Crippen LogP contribution is -2.39. The van der Waals surface area contributed by atoms with Crippen molar-refractivity contribution in [2.24, 2.45) is 10.9 Å². The molecule has 0 spiro atoms. The van der Waals surface area contributed by atoms with E-state index in [4.69, 9.17) is 14.2 Å². The molecule has 22 heavy (non-hydrogen) atoms. The first-order valence-corrected chi connectivity index (χ1v) is 7.79. The molecule has 7 heteroatoms. The molecule has 0 radical (unpaired) electrons. The van der Waals surface area contributed by atoms with Crippen LogP contribution in [-0.2, 0) is 14.2 Å². The average Bonchev–Trinajstić information content (AvgIpc) is 2.47. The molecular formula is C15H34IN3O3. The Morgan fingerprint density at radius 1 is 0.955 bits per heavy atom. The summed E-state index contributed by atoms with van der Waals surface area (Å²) in [6, 6.07) is 0. The molecule has 0 aliphatic rings. The zero-order valence-electron chi connectivity index (χ0n) is 14.5. The molecule has 0 amide bonds. The van der Waals surface area contributed by atoms with Crippen molar-refractivity contribution >= 4 is 29.9 Å². The van der Waals surface area contributed by atoms with Crippen molar-refractivity contribution in [1.29, 1.82) is 0 Å². The second-order valence-corrected chi connectivity index (χ2v) is 5.18. The first kappa shape index (κ1) is 24.1. The standard InChI is InChI=1S/C15H33N3O3.HI/c1-14(2)6-10-21-11-8-18-15(16-3)17-7-5-9-20-13-12-19-4;/h14H,5-13H2,1-4H3,(H2,16,17,18);1H. The van der Waals surface area contributed by atoms with E-state index < -0.39 is 0 Å². The van der Waals surface area contributed by atoms with Gasteiger partial charge in [0.2, 0.25) is 0 Å². The monoisotopic (exact) mass is 431 g/mol. The summed E-state index contributed by atoms with van der Waals surface area (Å²) in [5.41, 5.74) is 0. The first-order valence-electron chi connectivity index (χ1n) is 7.79. The van der Waals surface area contributed by atoms with E-state index in [1.165, 1.54) is 0 Å². The first-order chi connectivity index (χ1) is 10.2. The summed E-state index contributed by atoms with van der Waals surface area (Å²) in [6.07, 6.45) is 2.05. The van der Waals surface area contributed by atoms with Gasteiger partial charge in [-0.25, -0.2) is 0 Å². The highest BCUT2D eigenvalue weighted by Crippen LogP contribution is 1.98. The Morgan fingerprint density at radius 3 is 2.27 bits per heavy atom. The van der Waals surface area contributed by atoms with E-state index in [9.17, 15) is 0 Å². The molecule has 0 fully saturated rings. The van der Waals surface area contributed by atoms with E-state index in [0.717, 1.165) is 45.1 Å². The van der Waals surface area contributed by atoms with Gasteiger partial charge in [-0.05, 0) is 18.8 Å². The van der Waals surface area contributed by atoms with Gasteiger partial charge in [0.15, 0.2) is 5.96 Å². The molecule has 0 aromatic rings. The third-order valence-corrected chi connectivity index (χ3v) is 2.79. The highest BCUT2D eigenvalue weighted by molar-refractivity contribution is 14.0. The van der Waals surface area contributed by atoms with Gasteiger partial charge in [-0.3, -0.25) is 4.99 Å². The van der Waals surface area contributed by atoms with Crippen LogP contribution < -0.4 is 10.6 Å². The van der Waals surface area contributed by atoms with Crippen molar-refractivity contribution in [1.82, 2.24) is 10.6 Å². The molecule has 6 nitrogen and oxygen atoms in total. The van der Waals surface area contributed by atoms with Crippen LogP contribution in [0.25, 0.3) is 0 Å². The summed E-state index contributed by atoms with van der Waals surface area (Å²) in [4.78, 5) is 4.16. The number of hydrogen-bond acceptors (Lipinski definition) is 4. The fourth-order valence-corrected chi connectivity index (χ4v) is 1.51. The zero-order valence-corrected chi connectivity index (χ0v) is 16.9. The second-order valence-electron chi connectivity index (χ2n) is 5.18. The molecule has 0 aromatic heterocycles. The average molecular weight is 431 g/mol. The molecule has 0 rings (SSSR count). The quantitative estimate of drug-likeness (QED) is 0.202. The summed E-state index contributed by atoms with van der Waals surface area (Å²) in [7, 11) is 3.44. The van der Waals surface area contributed by atoms with Crippen LogP contribution in [0.4, 0.5) is 0 Å². The molecule has 0 atom stereocenters. The molecular weight excluding hydrogens is 397 g/mol. The van der Waals surface area contributed by atoms with Gasteiger partial charge in [-0.2, -0.15) is 0 Å². The third-order valence-electron chi connectivity index (χ3n) is 2.79. The van der Waals surface area contributed by atoms with Crippen LogP contribution >= 0.6 is 24.0 Å². The van der Waals surface area contributed by atoms with Gasteiger partial charge in [0.1, 0.15) is 0 Å². The highest BCUT2D eigenvalue weighted by Gasteiger charge is 1.97. The van der Waals surface area contributed by atoms with Crippen LogP contribution in [0.15, 0.2) is 4.99 Å². The van der Waals surface area contributed by atoms with Crippen LogP contribution in [0.2, 0.25) is 0 Å². The van der Waals surface area contributed by atoms with Crippen LogP contribution in [0, 0.1) is 5.92 Å². The van der Waals surface area contributed by atoms with Gasteiger partial charge in [0, 0.05) is 40.5 Å². The number of methoxy groups -OCH3 is 1. The van der Waals surface area contributed by atoms with Gasteiger partial charge in [-0.1, -0.05) is 13.8 Å². The topological polar surface area (TPSA) is 64.1 Å². The highest BCUT2D eigenvalue weighted by atomic mass is 127. The fourth-order valence-electron chi connectivity index (χ4n) is 1.51. The van der Waals surface area contributed by atoms with Crippen molar-refractivity contribution in [3.63, 3.8) is 0 Å². The number of rotatable bonds is 13. The molecule has 0 saturated carbocycles. The van der Waals surface area contributed by atoms with Crippen LogP contribution in [0.3, 0.4) is 0 Å². The zero-order chi connectivity index (χ0) is 15.8. The van der Waals surface area contributed by atoms with E-state index in [1.807, 2.05) is 0 Å². The molecule has 0 aromatic carbocycles. The van der Waals surface area contributed by atoms with E-state index in [-0.39, 0.29) is 24.0 Å². The van der Waals surface area contributed by atoms with E-state index in [1.54, 1.807) is 14.2 Å². The summed E-state index contributed by atoms with van der Waals surface area (Å²) in [5, 5.41) is 6.46. The van der Waals surface area contributed by atoms with Crippen molar-refractivity contribution in [3.8, 4) is 0 Å². The molecule has 0 saturated heterocycles. The minimum absolute atomic E-state index is 0. The number of aliphatic imine (C=N–C) groups is 1. The Balaban J connectivity index is 0. The Labute approximate surface area is 152 Å². The maximum Gasteiger partial charge on any atom is 0.191 e. The Bertz CT molecular complexity index is 254. The van der Waals surface area contributed by atoms with E-state index >= 15 is 0 Å². The van der Waals surface area contributed by atoms with E-state index in [2.05, 4.69) is 29.5 Å². The predicted octanol–water partition coefficient (Wildman–Crippen LogP) is 1.89. The van der Waals surface area contributed by atoms with Crippen molar-refractivity contribution < 1.29 is 14.2 Å². The molecule has 0 bridgehead atoms. The summed E-state index contributed by atoms with van der Waals surface area (Å²) >= 11 is 0. The maximum absolute atomic E-state index is 5.54. The van der Waals surface area contributed by atoms with E-state index in [0.29, 0.717) is 25.7 Å². The minimum Gasteiger partial charge on any atom is -0.382 e. The van der Waals surface area contributed by atoms with Gasteiger partial charge >= 0.3 is 0 Å². The number of hydrogen-bond donors (Lipinski definition) is 2. The summed E-state index contributed by atoms with van der Waals surface area (Å²) < 4.78 is 15.8. The van der Waals surface area contributed by atoms with Crippen LogP contribution in [0.5, 0.6) is 0 Å². The lowest BCUT2D eigenvalue weighted by molar-refractivity contribution is 0.0698. The summed E-state index contributed by atoms with van der Waals surface area (Å²) in [6.45, 7) is 9.55. The van der Waals surface area contributed by atoms with Crippen molar-refractivity contribution in [2.45, 2.75) is 26.7 Å². The summed E-state index contributed by atoms with van der Waals surface area (Å²) in [5.74, 6) is 1.50. The van der Waals surface area contributed by atoms with Gasteiger partial charge in [-0.15, -0.1) is 24.0 Å². The number of halogens is 1. The molecule has 0 aliphatic heterocycles.